The number of hydrogen-bond acceptors (Lipinski definition) is 6. The molecular weight excluding hydrogens is 412 g/mol. The summed E-state index contributed by atoms with van der Waals surface area (Å²) in [5, 5.41) is 0.586. The van der Waals surface area contributed by atoms with Crippen molar-refractivity contribution in [2.24, 2.45) is 0 Å². The molecule has 0 amide bonds. The minimum Gasteiger partial charge on any atom is -0.355 e. The first-order chi connectivity index (χ1) is 14.6. The summed E-state index contributed by atoms with van der Waals surface area (Å²) in [7, 11) is 0. The molecule has 0 aliphatic heterocycles. The Kier molecular flexibility index (Phi) is 6.62. The standard InChI is InChI=1S/C23H30N4O3S/c1-8-26(9-2)11-18-25-22-20(12(3)16(7)31-22)23(30)27(18)10-17(29)21-13(4)19(15(6)28)14(5)24-21/h24H,8-11H2,1-7H3. The van der Waals surface area contributed by atoms with E-state index in [1.54, 1.807) is 13.8 Å². The van der Waals surface area contributed by atoms with Crippen LogP contribution in [-0.2, 0) is 13.1 Å². The van der Waals surface area contributed by atoms with Crippen LogP contribution < -0.4 is 5.56 Å². The first-order valence-corrected chi connectivity index (χ1v) is 11.4. The van der Waals surface area contributed by atoms with Gasteiger partial charge < -0.3 is 4.98 Å². The number of thiophene rings is 1. The fourth-order valence-corrected chi connectivity index (χ4v) is 5.12. The molecule has 3 aromatic heterocycles. The zero-order chi connectivity index (χ0) is 23.0. The number of carbonyl (C=O) groups is 2. The molecular formula is C23H30N4O3S. The lowest BCUT2D eigenvalue weighted by Gasteiger charge is -2.20. The number of nitrogens with one attached hydrogen (secondary N) is 1. The second-order valence-corrected chi connectivity index (χ2v) is 9.15. The minimum atomic E-state index is -0.234. The van der Waals surface area contributed by atoms with Crippen LogP contribution in [0.1, 0.15) is 69.1 Å². The van der Waals surface area contributed by atoms with Crippen molar-refractivity contribution >= 4 is 33.1 Å². The number of H-pyrrole nitrogens is 1. The number of hydrogen-bond donors (Lipinski definition) is 1. The highest BCUT2D eigenvalue weighted by Crippen LogP contribution is 2.27. The third kappa shape index (κ3) is 4.14. The maximum absolute atomic E-state index is 13.5. The molecule has 3 aromatic rings. The van der Waals surface area contributed by atoms with Gasteiger partial charge in [0.05, 0.1) is 24.2 Å². The molecule has 0 saturated heterocycles. The zero-order valence-electron chi connectivity index (χ0n) is 19.3. The molecule has 0 radical (unpaired) electrons. The van der Waals surface area contributed by atoms with Gasteiger partial charge in [-0.2, -0.15) is 0 Å². The Morgan fingerprint density at radius 3 is 2.29 bits per heavy atom. The summed E-state index contributed by atoms with van der Waals surface area (Å²) in [6.45, 7) is 15.1. The molecule has 0 atom stereocenters. The Morgan fingerprint density at radius 2 is 1.74 bits per heavy atom. The Hall–Kier alpha value is -2.58. The maximum atomic E-state index is 13.5. The molecule has 0 spiro atoms. The van der Waals surface area contributed by atoms with Crippen LogP contribution in [0.15, 0.2) is 4.79 Å². The van der Waals surface area contributed by atoms with Crippen molar-refractivity contribution in [3.8, 4) is 0 Å². The molecule has 8 heteroatoms. The van der Waals surface area contributed by atoms with Gasteiger partial charge >= 0.3 is 0 Å². The van der Waals surface area contributed by atoms with Crippen LogP contribution in [-0.4, -0.2) is 44.1 Å². The first-order valence-electron chi connectivity index (χ1n) is 10.6. The number of ketones is 2. The Labute approximate surface area is 186 Å². The summed E-state index contributed by atoms with van der Waals surface area (Å²) in [6.07, 6.45) is 0. The number of aromatic amines is 1. The quantitative estimate of drug-likeness (QED) is 0.534. The predicted molar refractivity (Wildman–Crippen MR) is 125 cm³/mol. The number of nitrogens with zero attached hydrogens (tertiary/aromatic N) is 3. The topological polar surface area (TPSA) is 88.1 Å². The second kappa shape index (κ2) is 8.88. The lowest BCUT2D eigenvalue weighted by atomic mass is 10.1. The highest BCUT2D eigenvalue weighted by Gasteiger charge is 2.23. The summed E-state index contributed by atoms with van der Waals surface area (Å²) in [6, 6.07) is 0. The highest BCUT2D eigenvalue weighted by molar-refractivity contribution is 7.18. The van der Waals surface area contributed by atoms with E-state index in [0.29, 0.717) is 40.3 Å². The van der Waals surface area contributed by atoms with E-state index in [0.717, 1.165) is 28.4 Å². The molecule has 166 valence electrons. The average molecular weight is 443 g/mol. The SMILES string of the molecule is CCN(CC)Cc1nc2sc(C)c(C)c2c(=O)n1CC(=O)c1[nH]c(C)c(C(C)=O)c1C. The number of rotatable bonds is 8. The van der Waals surface area contributed by atoms with E-state index in [2.05, 4.69) is 23.7 Å². The van der Waals surface area contributed by atoms with Gasteiger partial charge in [0, 0.05) is 16.1 Å². The molecule has 1 N–H and O–H groups in total. The van der Waals surface area contributed by atoms with Crippen molar-refractivity contribution in [2.45, 2.75) is 61.6 Å². The summed E-state index contributed by atoms with van der Waals surface area (Å²) >= 11 is 1.51. The van der Waals surface area contributed by atoms with Crippen LogP contribution in [0, 0.1) is 27.7 Å². The van der Waals surface area contributed by atoms with Crippen LogP contribution in [0.4, 0.5) is 0 Å². The van der Waals surface area contributed by atoms with E-state index in [4.69, 9.17) is 4.98 Å². The Balaban J connectivity index is 2.14. The van der Waals surface area contributed by atoms with Gasteiger partial charge in [0.15, 0.2) is 11.6 Å². The Bertz CT molecular complexity index is 1230. The zero-order valence-corrected chi connectivity index (χ0v) is 20.1. The monoisotopic (exact) mass is 442 g/mol. The predicted octanol–water partition coefficient (Wildman–Crippen LogP) is 3.95. The molecule has 7 nitrogen and oxygen atoms in total. The molecule has 0 saturated carbocycles. The van der Waals surface area contributed by atoms with Crippen LogP contribution in [0.25, 0.3) is 10.2 Å². The van der Waals surface area contributed by atoms with Gasteiger partial charge in [0.25, 0.3) is 5.56 Å². The van der Waals surface area contributed by atoms with E-state index in [9.17, 15) is 14.4 Å². The lowest BCUT2D eigenvalue weighted by Crippen LogP contribution is -2.33. The van der Waals surface area contributed by atoms with Crippen molar-refractivity contribution in [1.29, 1.82) is 0 Å². The van der Waals surface area contributed by atoms with E-state index in [1.807, 2.05) is 13.8 Å². The minimum absolute atomic E-state index is 0.0860. The van der Waals surface area contributed by atoms with Crippen molar-refractivity contribution in [3.05, 3.63) is 49.1 Å². The van der Waals surface area contributed by atoms with Crippen molar-refractivity contribution in [2.75, 3.05) is 13.1 Å². The summed E-state index contributed by atoms with van der Waals surface area (Å²) in [4.78, 5) is 50.5. The molecule has 0 bridgehead atoms. The molecule has 31 heavy (non-hydrogen) atoms. The van der Waals surface area contributed by atoms with Crippen LogP contribution in [0.3, 0.4) is 0 Å². The van der Waals surface area contributed by atoms with Gasteiger partial charge in [-0.3, -0.25) is 23.9 Å². The first kappa shape index (κ1) is 23.1. The van der Waals surface area contributed by atoms with Gasteiger partial charge in [0.1, 0.15) is 10.7 Å². The number of aromatic nitrogens is 3. The van der Waals surface area contributed by atoms with Crippen LogP contribution >= 0.6 is 11.3 Å². The van der Waals surface area contributed by atoms with Gasteiger partial charge in [-0.05, 0) is 58.8 Å². The van der Waals surface area contributed by atoms with Crippen LogP contribution in [0.2, 0.25) is 0 Å². The molecule has 0 aliphatic rings. The number of aryl methyl sites for hydroxylation is 3. The summed E-state index contributed by atoms with van der Waals surface area (Å²) in [5.41, 5.74) is 2.94. The van der Waals surface area contributed by atoms with E-state index < -0.39 is 0 Å². The summed E-state index contributed by atoms with van der Waals surface area (Å²) in [5.74, 6) is 0.266. The molecule has 3 heterocycles. The van der Waals surface area contributed by atoms with Gasteiger partial charge in [-0.25, -0.2) is 4.98 Å². The Morgan fingerprint density at radius 1 is 1.10 bits per heavy atom. The van der Waals surface area contributed by atoms with Crippen molar-refractivity contribution in [1.82, 2.24) is 19.4 Å². The third-order valence-electron chi connectivity index (χ3n) is 6.00. The molecule has 3 rings (SSSR count). The van der Waals surface area contributed by atoms with Gasteiger partial charge in [-0.15, -0.1) is 11.3 Å². The van der Waals surface area contributed by atoms with Crippen LogP contribution in [0.5, 0.6) is 0 Å². The van der Waals surface area contributed by atoms with Gasteiger partial charge in [0.2, 0.25) is 0 Å². The van der Waals surface area contributed by atoms with Crippen molar-refractivity contribution < 1.29 is 9.59 Å². The highest BCUT2D eigenvalue weighted by atomic mass is 32.1. The number of Topliss-reactive ketones (excluding diaryl/α,β-unsaturated/α-hetero) is 2. The van der Waals surface area contributed by atoms with Gasteiger partial charge in [-0.1, -0.05) is 13.8 Å². The number of fused-ring (bicyclic) bond motifs is 1. The fourth-order valence-electron chi connectivity index (χ4n) is 4.08. The summed E-state index contributed by atoms with van der Waals surface area (Å²) < 4.78 is 1.51. The second-order valence-electron chi connectivity index (χ2n) is 7.95. The van der Waals surface area contributed by atoms with Crippen molar-refractivity contribution in [3.63, 3.8) is 0 Å². The van der Waals surface area contributed by atoms with E-state index >= 15 is 0 Å². The fraction of sp³-hybridized carbons (Fsp3) is 0.478. The largest absolute Gasteiger partial charge is 0.355 e. The maximum Gasteiger partial charge on any atom is 0.263 e. The molecule has 0 unspecified atom stereocenters. The molecule has 0 fully saturated rings. The van der Waals surface area contributed by atoms with E-state index in [1.165, 1.54) is 22.8 Å². The van der Waals surface area contributed by atoms with E-state index in [-0.39, 0.29) is 23.7 Å². The normalized spacial score (nSPS) is 11.6. The number of carbonyl (C=O) groups excluding carboxylic acids is 2. The smallest absolute Gasteiger partial charge is 0.263 e. The molecule has 0 aromatic carbocycles. The lowest BCUT2D eigenvalue weighted by molar-refractivity contribution is 0.0962. The molecule has 0 aliphatic carbocycles. The average Bonchev–Trinajstić information content (AvgIpc) is 3.17. The third-order valence-corrected chi connectivity index (χ3v) is 7.10.